The van der Waals surface area contributed by atoms with Gasteiger partial charge in [-0.05, 0) is 31.9 Å². The molecule has 0 aliphatic carbocycles. The third-order valence-electron chi connectivity index (χ3n) is 3.37. The van der Waals surface area contributed by atoms with Gasteiger partial charge >= 0.3 is 0 Å². The number of aromatic nitrogens is 2. The third kappa shape index (κ3) is 4.44. The number of fused-ring (bicyclic) bond motifs is 1. The first-order valence-corrected chi connectivity index (χ1v) is 8.64. The van der Waals surface area contributed by atoms with Crippen molar-refractivity contribution >= 4 is 28.7 Å². The Morgan fingerprint density at radius 2 is 1.82 bits per heavy atom. The number of hydrogen-bond acceptors (Lipinski definition) is 4. The van der Waals surface area contributed by atoms with Gasteiger partial charge in [-0.1, -0.05) is 26.0 Å². The molecule has 1 heterocycles. The largest absolute Gasteiger partial charge is 0.355 e. The van der Waals surface area contributed by atoms with Crippen LogP contribution in [0.15, 0.2) is 24.3 Å². The van der Waals surface area contributed by atoms with E-state index in [1.165, 1.54) is 0 Å². The zero-order valence-corrected chi connectivity index (χ0v) is 14.4. The van der Waals surface area contributed by atoms with E-state index in [1.807, 2.05) is 38.1 Å². The lowest BCUT2D eigenvalue weighted by Gasteiger charge is -2.14. The molecule has 0 spiro atoms. The molecule has 1 aromatic carbocycles. The summed E-state index contributed by atoms with van der Waals surface area (Å²) in [4.78, 5) is 21.2. The Labute approximate surface area is 136 Å². The maximum atomic E-state index is 12.0. The van der Waals surface area contributed by atoms with Crippen LogP contribution in [0.2, 0.25) is 0 Å². The highest BCUT2D eigenvalue weighted by molar-refractivity contribution is 7.99. The maximum absolute atomic E-state index is 12.0. The fraction of sp³-hybridized carbons (Fsp3) is 0.471. The fourth-order valence-corrected chi connectivity index (χ4v) is 2.91. The van der Waals surface area contributed by atoms with Crippen molar-refractivity contribution in [3.8, 4) is 0 Å². The van der Waals surface area contributed by atoms with Crippen LogP contribution >= 0.6 is 11.8 Å². The minimum atomic E-state index is -0.0913. The molecule has 0 fully saturated rings. The van der Waals surface area contributed by atoms with E-state index in [0.717, 1.165) is 29.0 Å². The topological polar surface area (TPSA) is 54.9 Å². The highest BCUT2D eigenvalue weighted by Crippen LogP contribution is 2.20. The summed E-state index contributed by atoms with van der Waals surface area (Å²) in [6.45, 7) is 8.81. The van der Waals surface area contributed by atoms with Gasteiger partial charge in [-0.15, -0.1) is 11.8 Å². The zero-order chi connectivity index (χ0) is 16.1. The average molecular weight is 317 g/mol. The van der Waals surface area contributed by atoms with Crippen molar-refractivity contribution < 1.29 is 4.79 Å². The molecule has 0 aliphatic rings. The zero-order valence-electron chi connectivity index (χ0n) is 13.6. The van der Waals surface area contributed by atoms with E-state index in [-0.39, 0.29) is 11.2 Å². The van der Waals surface area contributed by atoms with E-state index in [1.54, 1.807) is 11.8 Å². The van der Waals surface area contributed by atoms with E-state index in [4.69, 9.17) is 0 Å². The number of thioether (sulfide) groups is 1. The molecule has 0 saturated carbocycles. The van der Waals surface area contributed by atoms with Gasteiger partial charge in [0.2, 0.25) is 5.91 Å². The Hall–Kier alpha value is -1.62. The fourth-order valence-electron chi connectivity index (χ4n) is 1.99. The quantitative estimate of drug-likeness (QED) is 0.888. The molecule has 1 aromatic heterocycles. The smallest absolute Gasteiger partial charge is 0.232 e. The monoisotopic (exact) mass is 317 g/mol. The third-order valence-corrected chi connectivity index (χ3v) is 4.52. The van der Waals surface area contributed by atoms with Crippen molar-refractivity contribution in [1.29, 1.82) is 0 Å². The molecular formula is C17H23N3OS. The summed E-state index contributed by atoms with van der Waals surface area (Å²) in [5.41, 5.74) is 3.70. The van der Waals surface area contributed by atoms with Crippen molar-refractivity contribution in [2.45, 2.75) is 38.7 Å². The standard InChI is InChI=1S/C17H23N3OS/c1-11(2)9-18-17(21)13(4)22-10-16-12(3)19-14-7-5-6-8-15(14)20-16/h5-8,11,13H,9-10H2,1-4H3,(H,18,21)/t13-/m0/s1. The molecule has 118 valence electrons. The molecule has 0 radical (unpaired) electrons. The summed E-state index contributed by atoms with van der Waals surface area (Å²) < 4.78 is 0. The van der Waals surface area contributed by atoms with E-state index in [2.05, 4.69) is 29.1 Å². The molecule has 4 nitrogen and oxygen atoms in total. The molecule has 1 atom stereocenters. The molecule has 0 unspecified atom stereocenters. The Morgan fingerprint density at radius 1 is 1.18 bits per heavy atom. The molecule has 0 bridgehead atoms. The van der Waals surface area contributed by atoms with Crippen LogP contribution in [0.3, 0.4) is 0 Å². The number of hydrogen-bond donors (Lipinski definition) is 1. The van der Waals surface area contributed by atoms with E-state index in [9.17, 15) is 4.79 Å². The number of nitrogens with one attached hydrogen (secondary N) is 1. The first-order chi connectivity index (χ1) is 10.5. The van der Waals surface area contributed by atoms with E-state index >= 15 is 0 Å². The van der Waals surface area contributed by atoms with Crippen LogP contribution in [0.5, 0.6) is 0 Å². The number of rotatable bonds is 6. The van der Waals surface area contributed by atoms with Gasteiger partial charge in [0, 0.05) is 12.3 Å². The van der Waals surface area contributed by atoms with Crippen LogP contribution in [-0.2, 0) is 10.5 Å². The molecule has 1 N–H and O–H groups in total. The molecule has 1 amide bonds. The predicted octanol–water partition coefficient (Wildman–Crippen LogP) is 3.33. The van der Waals surface area contributed by atoms with Crippen molar-refractivity contribution in [1.82, 2.24) is 15.3 Å². The van der Waals surface area contributed by atoms with Gasteiger partial charge < -0.3 is 5.32 Å². The Balaban J connectivity index is 1.99. The van der Waals surface area contributed by atoms with Crippen LogP contribution in [0.25, 0.3) is 11.0 Å². The predicted molar refractivity (Wildman–Crippen MR) is 92.9 cm³/mol. The Kier molecular flexibility index (Phi) is 5.77. The number of aryl methyl sites for hydroxylation is 1. The first kappa shape index (κ1) is 16.7. The van der Waals surface area contributed by atoms with E-state index < -0.39 is 0 Å². The van der Waals surface area contributed by atoms with Crippen molar-refractivity contribution in [3.05, 3.63) is 35.7 Å². The number of carbonyl (C=O) groups is 1. The van der Waals surface area contributed by atoms with Crippen molar-refractivity contribution in [2.24, 2.45) is 5.92 Å². The van der Waals surface area contributed by atoms with Crippen molar-refractivity contribution in [2.75, 3.05) is 6.54 Å². The van der Waals surface area contributed by atoms with Gasteiger partial charge in [-0.2, -0.15) is 0 Å². The summed E-state index contributed by atoms with van der Waals surface area (Å²) in [7, 11) is 0. The number of amides is 1. The van der Waals surface area contributed by atoms with Gasteiger partial charge in [0.05, 0.1) is 27.7 Å². The van der Waals surface area contributed by atoms with Gasteiger partial charge in [0.25, 0.3) is 0 Å². The second-order valence-electron chi connectivity index (χ2n) is 5.84. The number of carbonyl (C=O) groups excluding carboxylic acids is 1. The van der Waals surface area contributed by atoms with Crippen LogP contribution in [0, 0.1) is 12.8 Å². The molecular weight excluding hydrogens is 294 g/mol. The molecule has 0 saturated heterocycles. The van der Waals surface area contributed by atoms with Gasteiger partial charge in [-0.25, -0.2) is 9.97 Å². The summed E-state index contributed by atoms with van der Waals surface area (Å²) >= 11 is 1.60. The van der Waals surface area contributed by atoms with Gasteiger partial charge in [0.1, 0.15) is 0 Å². The number of para-hydroxylation sites is 2. The summed E-state index contributed by atoms with van der Waals surface area (Å²) in [6, 6.07) is 7.86. The van der Waals surface area contributed by atoms with Crippen molar-refractivity contribution in [3.63, 3.8) is 0 Å². The normalized spacial score (nSPS) is 12.6. The lowest BCUT2D eigenvalue weighted by atomic mass is 10.2. The minimum Gasteiger partial charge on any atom is -0.355 e. The summed E-state index contributed by atoms with van der Waals surface area (Å²) in [6.07, 6.45) is 0. The number of benzene rings is 1. The molecule has 2 rings (SSSR count). The first-order valence-electron chi connectivity index (χ1n) is 7.59. The second kappa shape index (κ2) is 7.58. The Morgan fingerprint density at radius 3 is 2.45 bits per heavy atom. The van der Waals surface area contributed by atoms with Gasteiger partial charge in [0.15, 0.2) is 0 Å². The SMILES string of the molecule is Cc1nc2ccccc2nc1CS[C@@H](C)C(=O)NCC(C)C. The summed E-state index contributed by atoms with van der Waals surface area (Å²) in [5, 5.41) is 2.88. The molecule has 5 heteroatoms. The maximum Gasteiger partial charge on any atom is 0.232 e. The molecule has 22 heavy (non-hydrogen) atoms. The van der Waals surface area contributed by atoms with Gasteiger partial charge in [-0.3, -0.25) is 4.79 Å². The highest BCUT2D eigenvalue weighted by atomic mass is 32.2. The molecule has 2 aromatic rings. The number of nitrogens with zero attached hydrogens (tertiary/aromatic N) is 2. The summed E-state index contributed by atoms with van der Waals surface area (Å²) in [5.74, 6) is 1.25. The molecule has 0 aliphatic heterocycles. The van der Waals surface area contributed by atoms with E-state index in [0.29, 0.717) is 11.7 Å². The lowest BCUT2D eigenvalue weighted by molar-refractivity contribution is -0.120. The van der Waals surface area contributed by atoms with Crippen LogP contribution in [0.4, 0.5) is 0 Å². The highest BCUT2D eigenvalue weighted by Gasteiger charge is 2.15. The van der Waals surface area contributed by atoms with Crippen LogP contribution < -0.4 is 5.32 Å². The second-order valence-corrected chi connectivity index (χ2v) is 7.17. The Bertz CT molecular complexity index is 657. The minimum absolute atomic E-state index is 0.0881. The van der Waals surface area contributed by atoms with Crippen LogP contribution in [-0.4, -0.2) is 27.7 Å². The lowest BCUT2D eigenvalue weighted by Crippen LogP contribution is -2.33. The van der Waals surface area contributed by atoms with Crippen LogP contribution in [0.1, 0.15) is 32.2 Å². The average Bonchev–Trinajstić information content (AvgIpc) is 2.50.